The number of amides is 1. The molecule has 0 heterocycles. The Morgan fingerprint density at radius 2 is 2.08 bits per heavy atom. The molecule has 0 fully saturated rings. The standard InChI is InChI=1S/C8H18N2O3/c1-6(2)10-8(13)4-9-3-7(12)5-11/h6-7,9,11-12H,3-5H2,1-2H3,(H,10,13)/t7-/m0/s1. The first-order valence-corrected chi connectivity index (χ1v) is 4.35. The Morgan fingerprint density at radius 1 is 1.46 bits per heavy atom. The molecule has 1 atom stereocenters. The molecule has 13 heavy (non-hydrogen) atoms. The third-order valence-corrected chi connectivity index (χ3v) is 1.33. The van der Waals surface area contributed by atoms with Crippen molar-refractivity contribution in [2.75, 3.05) is 19.7 Å². The minimum atomic E-state index is -0.799. The molecule has 0 aromatic heterocycles. The van der Waals surface area contributed by atoms with Crippen LogP contribution < -0.4 is 10.6 Å². The summed E-state index contributed by atoms with van der Waals surface area (Å²) in [4.78, 5) is 11.0. The molecule has 0 bridgehead atoms. The number of rotatable bonds is 6. The third-order valence-electron chi connectivity index (χ3n) is 1.33. The van der Waals surface area contributed by atoms with Gasteiger partial charge < -0.3 is 20.8 Å². The smallest absolute Gasteiger partial charge is 0.234 e. The second kappa shape index (κ2) is 6.82. The predicted octanol–water partition coefficient (Wildman–Crippen LogP) is -1.55. The van der Waals surface area contributed by atoms with Crippen molar-refractivity contribution >= 4 is 5.91 Å². The fraction of sp³-hybridized carbons (Fsp3) is 0.875. The number of aliphatic hydroxyl groups excluding tert-OH is 2. The van der Waals surface area contributed by atoms with Gasteiger partial charge in [-0.15, -0.1) is 0 Å². The highest BCUT2D eigenvalue weighted by atomic mass is 16.3. The molecule has 0 unspecified atom stereocenters. The summed E-state index contributed by atoms with van der Waals surface area (Å²) < 4.78 is 0. The molecule has 5 nitrogen and oxygen atoms in total. The van der Waals surface area contributed by atoms with E-state index in [9.17, 15) is 4.79 Å². The van der Waals surface area contributed by atoms with Crippen LogP contribution in [0.4, 0.5) is 0 Å². The normalized spacial score (nSPS) is 13.0. The van der Waals surface area contributed by atoms with Crippen molar-refractivity contribution in [1.82, 2.24) is 10.6 Å². The molecule has 78 valence electrons. The summed E-state index contributed by atoms with van der Waals surface area (Å²) in [5, 5.41) is 22.8. The molecule has 0 saturated carbocycles. The lowest BCUT2D eigenvalue weighted by Crippen LogP contribution is -2.40. The fourth-order valence-electron chi connectivity index (χ4n) is 0.790. The zero-order chi connectivity index (χ0) is 10.3. The summed E-state index contributed by atoms with van der Waals surface area (Å²) in [6, 6.07) is 0.122. The van der Waals surface area contributed by atoms with Gasteiger partial charge >= 0.3 is 0 Å². The zero-order valence-corrected chi connectivity index (χ0v) is 8.08. The largest absolute Gasteiger partial charge is 0.394 e. The molecule has 4 N–H and O–H groups in total. The summed E-state index contributed by atoms with van der Waals surface area (Å²) >= 11 is 0. The Kier molecular flexibility index (Phi) is 6.48. The van der Waals surface area contributed by atoms with Gasteiger partial charge in [-0.3, -0.25) is 4.79 Å². The molecule has 0 aromatic carbocycles. The minimum absolute atomic E-state index is 0.111. The Morgan fingerprint density at radius 3 is 2.54 bits per heavy atom. The van der Waals surface area contributed by atoms with Crippen molar-refractivity contribution in [2.24, 2.45) is 0 Å². The molecule has 0 saturated heterocycles. The monoisotopic (exact) mass is 190 g/mol. The van der Waals surface area contributed by atoms with Crippen LogP contribution in [0.15, 0.2) is 0 Å². The van der Waals surface area contributed by atoms with Gasteiger partial charge in [0, 0.05) is 12.6 Å². The number of aliphatic hydroxyl groups is 2. The van der Waals surface area contributed by atoms with Crippen molar-refractivity contribution in [1.29, 1.82) is 0 Å². The molecule has 0 rings (SSSR count). The molecular weight excluding hydrogens is 172 g/mol. The number of carbonyl (C=O) groups is 1. The fourth-order valence-corrected chi connectivity index (χ4v) is 0.790. The average molecular weight is 190 g/mol. The van der Waals surface area contributed by atoms with Gasteiger partial charge in [0.25, 0.3) is 0 Å². The lowest BCUT2D eigenvalue weighted by molar-refractivity contribution is -0.120. The molecule has 0 spiro atoms. The van der Waals surface area contributed by atoms with Crippen LogP contribution in [0, 0.1) is 0 Å². The molecule has 0 aromatic rings. The second-order valence-corrected chi connectivity index (χ2v) is 3.19. The average Bonchev–Trinajstić information content (AvgIpc) is 2.02. The van der Waals surface area contributed by atoms with E-state index in [0.29, 0.717) is 0 Å². The van der Waals surface area contributed by atoms with E-state index in [1.807, 2.05) is 13.8 Å². The molecular formula is C8H18N2O3. The summed E-state index contributed by atoms with van der Waals surface area (Å²) in [5.41, 5.74) is 0. The van der Waals surface area contributed by atoms with E-state index in [1.54, 1.807) is 0 Å². The van der Waals surface area contributed by atoms with E-state index in [2.05, 4.69) is 10.6 Å². The quantitative estimate of drug-likeness (QED) is 0.409. The summed E-state index contributed by atoms with van der Waals surface area (Å²) in [5.74, 6) is -0.111. The summed E-state index contributed by atoms with van der Waals surface area (Å²) in [6.07, 6.45) is -0.799. The van der Waals surface area contributed by atoms with E-state index >= 15 is 0 Å². The van der Waals surface area contributed by atoms with Crippen molar-refractivity contribution in [3.8, 4) is 0 Å². The second-order valence-electron chi connectivity index (χ2n) is 3.19. The van der Waals surface area contributed by atoms with E-state index in [0.717, 1.165) is 0 Å². The number of hydrogen-bond acceptors (Lipinski definition) is 4. The molecule has 0 aliphatic rings. The summed E-state index contributed by atoms with van der Waals surface area (Å²) in [6.45, 7) is 3.84. The van der Waals surface area contributed by atoms with Gasteiger partial charge in [0.15, 0.2) is 0 Å². The Bertz CT molecular complexity index is 150. The first kappa shape index (κ1) is 12.3. The highest BCUT2D eigenvalue weighted by molar-refractivity contribution is 5.78. The van der Waals surface area contributed by atoms with Crippen molar-refractivity contribution in [2.45, 2.75) is 26.0 Å². The van der Waals surface area contributed by atoms with Crippen LogP contribution in [0.25, 0.3) is 0 Å². The molecule has 5 heteroatoms. The van der Waals surface area contributed by atoms with E-state index in [4.69, 9.17) is 10.2 Å². The number of nitrogens with one attached hydrogen (secondary N) is 2. The highest BCUT2D eigenvalue weighted by Crippen LogP contribution is 1.78. The van der Waals surface area contributed by atoms with Gasteiger partial charge in [-0.2, -0.15) is 0 Å². The van der Waals surface area contributed by atoms with Gasteiger partial charge in [-0.05, 0) is 13.8 Å². The SMILES string of the molecule is CC(C)NC(=O)CNC[C@H](O)CO. The van der Waals surface area contributed by atoms with E-state index in [1.165, 1.54) is 0 Å². The van der Waals surface area contributed by atoms with Crippen molar-refractivity contribution in [3.63, 3.8) is 0 Å². The first-order chi connectivity index (χ1) is 6.06. The van der Waals surface area contributed by atoms with Gasteiger partial charge in [0.2, 0.25) is 5.91 Å². The lowest BCUT2D eigenvalue weighted by Gasteiger charge is -2.10. The van der Waals surface area contributed by atoms with Crippen LogP contribution in [0.5, 0.6) is 0 Å². The molecule has 1 amide bonds. The van der Waals surface area contributed by atoms with Gasteiger partial charge in [0.05, 0.1) is 19.3 Å². The van der Waals surface area contributed by atoms with Crippen molar-refractivity contribution < 1.29 is 15.0 Å². The zero-order valence-electron chi connectivity index (χ0n) is 8.08. The summed E-state index contributed by atoms with van der Waals surface area (Å²) in [7, 11) is 0. The lowest BCUT2D eigenvalue weighted by atomic mass is 10.3. The maximum absolute atomic E-state index is 11.0. The van der Waals surface area contributed by atoms with Crippen LogP contribution >= 0.6 is 0 Å². The van der Waals surface area contributed by atoms with Crippen LogP contribution in [0.1, 0.15) is 13.8 Å². The first-order valence-electron chi connectivity index (χ1n) is 4.35. The van der Waals surface area contributed by atoms with E-state index in [-0.39, 0.29) is 31.6 Å². The van der Waals surface area contributed by atoms with Gasteiger partial charge in [-0.1, -0.05) is 0 Å². The maximum Gasteiger partial charge on any atom is 0.234 e. The Hall–Kier alpha value is -0.650. The van der Waals surface area contributed by atoms with Gasteiger partial charge in [0.1, 0.15) is 0 Å². The van der Waals surface area contributed by atoms with Gasteiger partial charge in [-0.25, -0.2) is 0 Å². The van der Waals surface area contributed by atoms with Crippen LogP contribution in [0.2, 0.25) is 0 Å². The predicted molar refractivity (Wildman–Crippen MR) is 49.2 cm³/mol. The van der Waals surface area contributed by atoms with Crippen LogP contribution in [-0.2, 0) is 4.79 Å². The highest BCUT2D eigenvalue weighted by Gasteiger charge is 2.04. The Labute approximate surface area is 78.1 Å². The third kappa shape index (κ3) is 7.70. The minimum Gasteiger partial charge on any atom is -0.394 e. The Balaban J connectivity index is 3.37. The number of hydrogen-bond donors (Lipinski definition) is 4. The van der Waals surface area contributed by atoms with E-state index < -0.39 is 6.10 Å². The molecule has 0 aliphatic carbocycles. The molecule has 0 radical (unpaired) electrons. The van der Waals surface area contributed by atoms with Crippen LogP contribution in [0.3, 0.4) is 0 Å². The van der Waals surface area contributed by atoms with Crippen molar-refractivity contribution in [3.05, 3.63) is 0 Å². The number of carbonyl (C=O) groups excluding carboxylic acids is 1. The topological polar surface area (TPSA) is 81.6 Å². The maximum atomic E-state index is 11.0. The van der Waals surface area contributed by atoms with Crippen LogP contribution in [-0.4, -0.2) is 48.0 Å². The molecule has 0 aliphatic heterocycles.